The van der Waals surface area contributed by atoms with Crippen LogP contribution in [0.2, 0.25) is 0 Å². The Hall–Kier alpha value is -2.56. The first-order valence-corrected chi connectivity index (χ1v) is 17.1. The number of hydrogen-bond donors (Lipinski definition) is 8. The molecule has 3 fully saturated rings. The number of aliphatic carboxylic acids is 1. The number of rotatable bonds is 12. The fourth-order valence-electron chi connectivity index (χ4n) is 6.26. The van der Waals surface area contributed by atoms with Crippen LogP contribution in [-0.4, -0.2) is 164 Å². The van der Waals surface area contributed by atoms with E-state index in [-0.39, 0.29) is 12.8 Å². The van der Waals surface area contributed by atoms with Crippen LogP contribution in [0.25, 0.3) is 0 Å². The number of carboxylic acid groups (broad SMARTS) is 1. The zero-order valence-corrected chi connectivity index (χ0v) is 30.6. The number of nitrogens with one attached hydrogen (secondary N) is 1. The lowest BCUT2D eigenvalue weighted by molar-refractivity contribution is -0.350. The number of carbonyl (C=O) groups is 4. The Balaban J connectivity index is 2.05. The molecule has 2 aliphatic heterocycles. The lowest BCUT2D eigenvalue weighted by atomic mass is 9.75. The highest BCUT2D eigenvalue weighted by molar-refractivity contribution is 5.83. The van der Waals surface area contributed by atoms with Crippen molar-refractivity contribution in [2.75, 3.05) is 13.2 Å². The lowest BCUT2D eigenvalue weighted by Crippen LogP contribution is -2.68. The number of carboxylic acids is 1. The van der Waals surface area contributed by atoms with Gasteiger partial charge in [-0.25, -0.2) is 4.79 Å². The topological polar surface area (TPSA) is 287 Å². The van der Waals surface area contributed by atoms with Gasteiger partial charge in [-0.2, -0.15) is 0 Å². The zero-order valence-electron chi connectivity index (χ0n) is 30.6. The summed E-state index contributed by atoms with van der Waals surface area (Å²) in [6.07, 6.45) is -19.7. The van der Waals surface area contributed by atoms with Crippen molar-refractivity contribution in [3.05, 3.63) is 0 Å². The van der Waals surface area contributed by atoms with Crippen molar-refractivity contribution in [3.63, 3.8) is 0 Å². The van der Waals surface area contributed by atoms with Crippen LogP contribution >= 0.6 is 0 Å². The second-order valence-corrected chi connectivity index (χ2v) is 15.3. The van der Waals surface area contributed by atoms with Gasteiger partial charge in [-0.1, -0.05) is 0 Å². The molecule has 19 nitrogen and oxygen atoms in total. The number of carbonyl (C=O) groups excluding carboxylic acids is 3. The van der Waals surface area contributed by atoms with Crippen LogP contribution in [-0.2, 0) is 52.3 Å². The number of amides is 1. The average Bonchev–Trinajstić information content (AvgIpc) is 3.02. The first kappa shape index (κ1) is 43.8. The zero-order chi connectivity index (χ0) is 39.5. The third-order valence-electron chi connectivity index (χ3n) is 8.69. The van der Waals surface area contributed by atoms with E-state index in [2.05, 4.69) is 5.32 Å². The van der Waals surface area contributed by atoms with Crippen LogP contribution in [0.1, 0.15) is 68.2 Å². The number of aliphatic hydroxyl groups is 6. The van der Waals surface area contributed by atoms with Crippen LogP contribution in [0.5, 0.6) is 0 Å². The molecule has 0 aromatic carbocycles. The van der Waals surface area contributed by atoms with E-state index < -0.39 is 140 Å². The van der Waals surface area contributed by atoms with E-state index >= 15 is 0 Å². The van der Waals surface area contributed by atoms with Gasteiger partial charge in [-0.05, 0) is 61.3 Å². The van der Waals surface area contributed by atoms with Crippen molar-refractivity contribution in [1.82, 2.24) is 5.32 Å². The highest BCUT2D eigenvalue weighted by atomic mass is 16.7. The minimum Gasteiger partial charge on any atom is -0.479 e. The van der Waals surface area contributed by atoms with Gasteiger partial charge in [0.25, 0.3) is 0 Å². The summed E-state index contributed by atoms with van der Waals surface area (Å²) in [5.74, 6) is -5.96. The normalized spacial score (nSPS) is 37.8. The van der Waals surface area contributed by atoms with Crippen LogP contribution < -0.4 is 5.32 Å². The summed E-state index contributed by atoms with van der Waals surface area (Å²) in [6, 6.07) is -1.48. The van der Waals surface area contributed by atoms with Gasteiger partial charge in [-0.3, -0.25) is 14.4 Å². The molecule has 300 valence electrons. The fraction of sp³-hybridized carbons (Fsp3) is 0.879. The Labute approximate surface area is 301 Å². The second kappa shape index (κ2) is 17.7. The van der Waals surface area contributed by atoms with Gasteiger partial charge >= 0.3 is 17.9 Å². The van der Waals surface area contributed by atoms with Crippen LogP contribution in [0.3, 0.4) is 0 Å². The number of ether oxygens (including phenoxy) is 7. The molecule has 0 bridgehead atoms. The first-order valence-electron chi connectivity index (χ1n) is 17.1. The predicted molar refractivity (Wildman–Crippen MR) is 173 cm³/mol. The van der Waals surface area contributed by atoms with Gasteiger partial charge in [-0.15, -0.1) is 0 Å². The van der Waals surface area contributed by atoms with Gasteiger partial charge in [0.2, 0.25) is 5.91 Å². The van der Waals surface area contributed by atoms with Gasteiger partial charge in [0.15, 0.2) is 18.7 Å². The summed E-state index contributed by atoms with van der Waals surface area (Å²) in [7, 11) is 0. The molecule has 2 saturated heterocycles. The monoisotopic (exact) mass is 753 g/mol. The molecule has 19 heteroatoms. The molecule has 1 saturated carbocycles. The van der Waals surface area contributed by atoms with Crippen LogP contribution in [0.15, 0.2) is 0 Å². The molecule has 0 aromatic heterocycles. The lowest BCUT2D eigenvalue weighted by Gasteiger charge is -2.49. The first-order chi connectivity index (χ1) is 24.0. The molecule has 2 heterocycles. The third kappa shape index (κ3) is 11.2. The molecular formula is C33H55NO18. The Bertz CT molecular complexity index is 1230. The summed E-state index contributed by atoms with van der Waals surface area (Å²) in [5, 5.41) is 74.4. The highest BCUT2D eigenvalue weighted by Gasteiger charge is 2.54. The summed E-state index contributed by atoms with van der Waals surface area (Å²) in [5.41, 5.74) is -1.93. The molecule has 3 aliphatic rings. The molecule has 0 radical (unpaired) electrons. The summed E-state index contributed by atoms with van der Waals surface area (Å²) >= 11 is 0. The maximum absolute atomic E-state index is 13.6. The van der Waals surface area contributed by atoms with Crippen molar-refractivity contribution in [1.29, 1.82) is 0 Å². The Morgan fingerprint density at radius 2 is 1.21 bits per heavy atom. The predicted octanol–water partition coefficient (Wildman–Crippen LogP) is -2.29. The summed E-state index contributed by atoms with van der Waals surface area (Å²) in [4.78, 5) is 51.5. The molecule has 0 spiro atoms. The van der Waals surface area contributed by atoms with E-state index in [0.717, 1.165) is 6.92 Å². The molecule has 0 unspecified atom stereocenters. The number of esters is 2. The third-order valence-corrected chi connectivity index (χ3v) is 8.69. The van der Waals surface area contributed by atoms with E-state index in [1.165, 1.54) is 6.92 Å². The Kier molecular flexibility index (Phi) is 14.9. The number of aliphatic hydroxyl groups excluding tert-OH is 6. The largest absolute Gasteiger partial charge is 0.479 e. The standard InChI is InChI=1S/C33H55NO18/c1-13(27(42)43)46-17-9-15(28(44)51-32(3,4)5)16(29(45)52-33(6,7)8)10-18(17)47-30-21(34-14(2)37)26(23(39)20(12-36)48-30)50-31-25(41)24(40)22(38)19(11-35)49-31/h13,15-26,30-31,35-36,38-41H,9-12H2,1-8H3,(H,34,37)(H,42,43)/t13-,15-,16-,17+,18-,19-,20-,21-,22-,23-,24-,25-,26+,30+,31-/m0/s1. The van der Waals surface area contributed by atoms with E-state index in [1.807, 2.05) is 0 Å². The molecule has 1 amide bonds. The van der Waals surface area contributed by atoms with Crippen molar-refractivity contribution in [2.24, 2.45) is 11.8 Å². The molecule has 52 heavy (non-hydrogen) atoms. The highest BCUT2D eigenvalue weighted by Crippen LogP contribution is 2.40. The molecule has 15 atom stereocenters. The number of hydrogen-bond acceptors (Lipinski definition) is 17. The van der Waals surface area contributed by atoms with Crippen molar-refractivity contribution < 1.29 is 88.1 Å². The molecule has 3 rings (SSSR count). The van der Waals surface area contributed by atoms with Gasteiger partial charge in [0, 0.05) is 6.92 Å². The smallest absolute Gasteiger partial charge is 0.332 e. The van der Waals surface area contributed by atoms with Gasteiger partial charge in [0.05, 0.1) is 37.3 Å². The van der Waals surface area contributed by atoms with E-state index in [9.17, 15) is 54.9 Å². The average molecular weight is 754 g/mol. The molecule has 8 N–H and O–H groups in total. The Morgan fingerprint density at radius 3 is 1.67 bits per heavy atom. The van der Waals surface area contributed by atoms with E-state index in [0.29, 0.717) is 0 Å². The minimum absolute atomic E-state index is 0.282. The summed E-state index contributed by atoms with van der Waals surface area (Å²) in [6.45, 7) is 10.6. The fourth-order valence-corrected chi connectivity index (χ4v) is 6.26. The van der Waals surface area contributed by atoms with Crippen molar-refractivity contribution in [3.8, 4) is 0 Å². The van der Waals surface area contributed by atoms with Gasteiger partial charge in [0.1, 0.15) is 60.0 Å². The quantitative estimate of drug-likeness (QED) is 0.0973. The second-order valence-electron chi connectivity index (χ2n) is 15.3. The summed E-state index contributed by atoms with van der Waals surface area (Å²) < 4.78 is 40.7. The molecule has 1 aliphatic carbocycles. The molecule has 0 aromatic rings. The van der Waals surface area contributed by atoms with E-state index in [1.54, 1.807) is 41.5 Å². The van der Waals surface area contributed by atoms with Crippen LogP contribution in [0, 0.1) is 11.8 Å². The van der Waals surface area contributed by atoms with Crippen molar-refractivity contribution >= 4 is 23.8 Å². The SMILES string of the molecule is CC(=O)N[C@@H]1[C@H](O[C@H]2C[C@H](C(=O)OC(C)(C)C)[C@@H](C(=O)OC(C)(C)C)C[C@H]2O[C@@H](C)C(=O)O)O[C@@H](CO)[C@H](O)[C@@H]1O[C@@H]1O[C@@H](CO)[C@H](O)[C@H](O)[C@@H]1O. The van der Waals surface area contributed by atoms with E-state index in [4.69, 9.17) is 33.2 Å². The Morgan fingerprint density at radius 1 is 0.731 bits per heavy atom. The van der Waals surface area contributed by atoms with Crippen LogP contribution in [0.4, 0.5) is 0 Å². The maximum atomic E-state index is 13.6. The minimum atomic E-state index is -1.91. The van der Waals surface area contributed by atoms with Gasteiger partial charge < -0.3 is 74.2 Å². The molecular weight excluding hydrogens is 698 g/mol. The maximum Gasteiger partial charge on any atom is 0.332 e. The van der Waals surface area contributed by atoms with Crippen molar-refractivity contribution in [2.45, 2.75) is 159 Å².